The van der Waals surface area contributed by atoms with Crippen LogP contribution in [0.25, 0.3) is 0 Å². The van der Waals surface area contributed by atoms with Gasteiger partial charge in [-0.2, -0.15) is 0 Å². The molecular formula is C15H26Cl6N4O+2. The lowest BCUT2D eigenvalue weighted by Crippen LogP contribution is -3.21. The van der Waals surface area contributed by atoms with Crippen LogP contribution in [0.4, 0.5) is 4.79 Å². The molecule has 2 heterocycles. The van der Waals surface area contributed by atoms with E-state index in [0.29, 0.717) is 0 Å². The van der Waals surface area contributed by atoms with Gasteiger partial charge < -0.3 is 9.80 Å². The summed E-state index contributed by atoms with van der Waals surface area (Å²) in [5.74, 6) is 0. The summed E-state index contributed by atoms with van der Waals surface area (Å²) in [6.07, 6.45) is 5.09. The number of alkyl halides is 6. The fraction of sp³-hybridized carbons (Fsp3) is 0.933. The molecule has 5 nitrogen and oxygen atoms in total. The summed E-state index contributed by atoms with van der Waals surface area (Å²) < 4.78 is -3.26. The number of urea groups is 1. The summed E-state index contributed by atoms with van der Waals surface area (Å²) in [7, 11) is 0. The standard InChI is InChI=1S/C15H24Cl6N4O/c16-14(17,18)11(24-7-3-1-4-8-24)22-13(26)23-12(15(19,20)21)25-9-5-2-6-10-25/h11-12H,1-10H2,(H2,22,23,26)/p+2/t11-,12-/m0/s1. The molecule has 0 spiro atoms. The Labute approximate surface area is 184 Å². The minimum Gasteiger partial charge on any atom is -0.312 e. The molecule has 0 aliphatic carbocycles. The topological polar surface area (TPSA) is 50.0 Å². The number of nitrogens with one attached hydrogen (secondary N) is 4. The zero-order valence-corrected chi connectivity index (χ0v) is 18.9. The Morgan fingerprint density at radius 3 is 1.23 bits per heavy atom. The van der Waals surface area contributed by atoms with Crippen molar-refractivity contribution in [3.05, 3.63) is 0 Å². The van der Waals surface area contributed by atoms with Gasteiger partial charge in [0.05, 0.1) is 26.2 Å². The normalized spacial score (nSPS) is 23.3. The molecule has 0 aromatic rings. The van der Waals surface area contributed by atoms with Crippen molar-refractivity contribution in [2.24, 2.45) is 0 Å². The van der Waals surface area contributed by atoms with Gasteiger partial charge in [0.15, 0.2) is 0 Å². The van der Waals surface area contributed by atoms with Crippen LogP contribution in [0.15, 0.2) is 0 Å². The third-order valence-corrected chi connectivity index (χ3v) is 6.32. The summed E-state index contributed by atoms with van der Waals surface area (Å²) in [5, 5.41) is 5.59. The zero-order chi connectivity index (χ0) is 19.4. The number of carbonyl (C=O) groups excluding carboxylic acids is 1. The highest BCUT2D eigenvalue weighted by atomic mass is 35.6. The van der Waals surface area contributed by atoms with Crippen molar-refractivity contribution < 1.29 is 14.6 Å². The number of hydrogen-bond donors (Lipinski definition) is 4. The second-order valence-corrected chi connectivity index (χ2v) is 11.7. The van der Waals surface area contributed by atoms with Crippen molar-refractivity contribution in [1.82, 2.24) is 10.6 Å². The van der Waals surface area contributed by atoms with Crippen LogP contribution in [0.2, 0.25) is 0 Å². The van der Waals surface area contributed by atoms with Gasteiger partial charge >= 0.3 is 6.03 Å². The maximum Gasteiger partial charge on any atom is 0.324 e. The molecule has 2 amide bonds. The van der Waals surface area contributed by atoms with Crippen LogP contribution in [-0.4, -0.2) is 52.1 Å². The van der Waals surface area contributed by atoms with Crippen LogP contribution in [0.3, 0.4) is 0 Å². The molecule has 2 aliphatic rings. The Kier molecular flexibility index (Phi) is 9.02. The molecule has 0 radical (unpaired) electrons. The highest BCUT2D eigenvalue weighted by molar-refractivity contribution is 6.68. The van der Waals surface area contributed by atoms with Gasteiger partial charge in [-0.1, -0.05) is 69.6 Å². The van der Waals surface area contributed by atoms with Crippen molar-refractivity contribution in [2.75, 3.05) is 26.2 Å². The molecule has 0 bridgehead atoms. The van der Waals surface area contributed by atoms with E-state index < -0.39 is 25.9 Å². The number of halogens is 6. The van der Waals surface area contributed by atoms with E-state index in [-0.39, 0.29) is 0 Å². The van der Waals surface area contributed by atoms with Crippen molar-refractivity contribution in [3.8, 4) is 0 Å². The third-order valence-electron chi connectivity index (χ3n) is 5.01. The van der Waals surface area contributed by atoms with Gasteiger partial charge in [-0.05, 0) is 38.5 Å². The lowest BCUT2D eigenvalue weighted by molar-refractivity contribution is -0.933. The third kappa shape index (κ3) is 7.07. The first-order chi connectivity index (χ1) is 12.1. The number of rotatable bonds is 4. The SMILES string of the molecule is O=C(N[C@@H]([NH+]1CCCCC1)C(Cl)(Cl)Cl)N[C@@H]([NH+]1CCCCC1)C(Cl)(Cl)Cl. The highest BCUT2D eigenvalue weighted by Crippen LogP contribution is 2.29. The molecule has 26 heavy (non-hydrogen) atoms. The van der Waals surface area contributed by atoms with Gasteiger partial charge in [0.2, 0.25) is 12.3 Å². The Morgan fingerprint density at radius 2 is 0.962 bits per heavy atom. The first kappa shape index (κ1) is 23.2. The lowest BCUT2D eigenvalue weighted by Gasteiger charge is -2.37. The Balaban J connectivity index is 2.04. The van der Waals surface area contributed by atoms with Crippen LogP contribution < -0.4 is 20.4 Å². The van der Waals surface area contributed by atoms with Gasteiger partial charge in [0.25, 0.3) is 7.59 Å². The average molecular weight is 491 g/mol. The largest absolute Gasteiger partial charge is 0.324 e. The van der Waals surface area contributed by atoms with Crippen molar-refractivity contribution in [1.29, 1.82) is 0 Å². The van der Waals surface area contributed by atoms with Crippen LogP contribution in [0.5, 0.6) is 0 Å². The van der Waals surface area contributed by atoms with Crippen LogP contribution in [0, 0.1) is 0 Å². The summed E-state index contributed by atoms with van der Waals surface area (Å²) in [4.78, 5) is 14.7. The molecule has 11 heteroatoms. The van der Waals surface area contributed by atoms with E-state index >= 15 is 0 Å². The number of hydrogen-bond acceptors (Lipinski definition) is 1. The summed E-state index contributed by atoms with van der Waals surface area (Å²) in [6, 6.07) is -0.492. The average Bonchev–Trinajstić information content (AvgIpc) is 2.57. The Morgan fingerprint density at radius 1 is 0.654 bits per heavy atom. The first-order valence-electron chi connectivity index (χ1n) is 8.98. The number of carbonyl (C=O) groups is 1. The molecule has 2 fully saturated rings. The van der Waals surface area contributed by atoms with Crippen molar-refractivity contribution in [2.45, 2.75) is 58.4 Å². The minimum absolute atomic E-state index is 0.492. The number of amides is 2. The van der Waals surface area contributed by atoms with E-state index in [4.69, 9.17) is 69.6 Å². The number of likely N-dealkylation sites (tertiary alicyclic amines) is 2. The van der Waals surface area contributed by atoms with Gasteiger partial charge in [-0.3, -0.25) is 10.6 Å². The second-order valence-electron chi connectivity index (χ2n) is 7.00. The molecule has 2 aliphatic heterocycles. The molecule has 0 aromatic heterocycles. The smallest absolute Gasteiger partial charge is 0.312 e. The molecule has 0 saturated carbocycles. The lowest BCUT2D eigenvalue weighted by atomic mass is 10.1. The van der Waals surface area contributed by atoms with E-state index in [1.165, 1.54) is 0 Å². The second kappa shape index (κ2) is 10.1. The van der Waals surface area contributed by atoms with E-state index in [9.17, 15) is 4.79 Å². The molecule has 0 aromatic carbocycles. The fourth-order valence-electron chi connectivity index (χ4n) is 3.72. The van der Waals surface area contributed by atoms with E-state index in [0.717, 1.165) is 74.5 Å². The van der Waals surface area contributed by atoms with E-state index in [1.54, 1.807) is 0 Å². The quantitative estimate of drug-likeness (QED) is 0.446. The van der Waals surface area contributed by atoms with Gasteiger partial charge in [0.1, 0.15) is 0 Å². The maximum atomic E-state index is 12.6. The van der Waals surface area contributed by atoms with Gasteiger partial charge in [0, 0.05) is 0 Å². The number of quaternary nitrogens is 2. The Hall–Kier alpha value is 0.930. The fourth-order valence-corrected chi connectivity index (χ4v) is 4.98. The van der Waals surface area contributed by atoms with Gasteiger partial charge in [-0.25, -0.2) is 4.79 Å². The maximum absolute atomic E-state index is 12.6. The number of piperidine rings is 2. The molecule has 2 saturated heterocycles. The van der Waals surface area contributed by atoms with Gasteiger partial charge in [-0.15, -0.1) is 0 Å². The predicted molar refractivity (Wildman–Crippen MR) is 109 cm³/mol. The molecule has 2 atom stereocenters. The van der Waals surface area contributed by atoms with Crippen LogP contribution in [-0.2, 0) is 0 Å². The minimum atomic E-state index is -1.63. The summed E-state index contributed by atoms with van der Waals surface area (Å²) in [6.45, 7) is 3.35. The summed E-state index contributed by atoms with van der Waals surface area (Å²) >= 11 is 36.8. The Bertz CT molecular complexity index is 418. The van der Waals surface area contributed by atoms with E-state index in [1.807, 2.05) is 0 Å². The molecule has 152 valence electrons. The van der Waals surface area contributed by atoms with Crippen LogP contribution in [0.1, 0.15) is 38.5 Å². The van der Waals surface area contributed by atoms with Crippen molar-refractivity contribution in [3.63, 3.8) is 0 Å². The van der Waals surface area contributed by atoms with Crippen molar-refractivity contribution >= 4 is 75.6 Å². The molecule has 4 N–H and O–H groups in total. The molecule has 0 unspecified atom stereocenters. The molecule has 2 rings (SSSR count). The molecular weight excluding hydrogens is 465 g/mol. The highest BCUT2D eigenvalue weighted by Gasteiger charge is 2.46. The summed E-state index contributed by atoms with van der Waals surface area (Å²) in [5.41, 5.74) is 0. The van der Waals surface area contributed by atoms with Crippen LogP contribution >= 0.6 is 69.6 Å². The predicted octanol–water partition coefficient (Wildman–Crippen LogP) is 1.82. The van der Waals surface area contributed by atoms with E-state index in [2.05, 4.69) is 10.6 Å². The monoisotopic (exact) mass is 488 g/mol. The zero-order valence-electron chi connectivity index (χ0n) is 14.4. The first-order valence-corrected chi connectivity index (χ1v) is 11.3.